The number of alkyl halides is 3. The summed E-state index contributed by atoms with van der Waals surface area (Å²) >= 11 is 0. The molecule has 0 unspecified atom stereocenters. The zero-order valence-electron chi connectivity index (χ0n) is 8.75. The lowest BCUT2D eigenvalue weighted by atomic mass is 10.2. The van der Waals surface area contributed by atoms with Gasteiger partial charge >= 0.3 is 6.18 Å². The Morgan fingerprint density at radius 2 is 2.00 bits per heavy atom. The van der Waals surface area contributed by atoms with Gasteiger partial charge in [0.1, 0.15) is 5.58 Å². The van der Waals surface area contributed by atoms with Crippen LogP contribution in [0.25, 0.3) is 11.0 Å². The standard InChI is InChI=1S/C11H10F3NO2/c12-11(13,14)7-17-15-5-8-6-16-10-4-2-1-3-9(8)10/h1-4,6,15H,5,7H2. The molecule has 0 amide bonds. The lowest BCUT2D eigenvalue weighted by Gasteiger charge is -2.07. The van der Waals surface area contributed by atoms with Gasteiger partial charge in [-0.25, -0.2) is 0 Å². The Bertz CT molecular complexity index is 493. The molecule has 0 bridgehead atoms. The number of benzene rings is 1. The molecule has 1 aromatic carbocycles. The molecule has 3 nitrogen and oxygen atoms in total. The molecule has 1 N–H and O–H groups in total. The molecule has 1 aromatic heterocycles. The fraction of sp³-hybridized carbons (Fsp3) is 0.273. The molecule has 92 valence electrons. The third kappa shape index (κ3) is 3.21. The first-order valence-corrected chi connectivity index (χ1v) is 4.93. The maximum atomic E-state index is 11.8. The largest absolute Gasteiger partial charge is 0.464 e. The number of nitrogens with one attached hydrogen (secondary N) is 1. The molecule has 2 aromatic rings. The Kier molecular flexibility index (Phi) is 3.35. The van der Waals surface area contributed by atoms with Crippen molar-refractivity contribution in [2.75, 3.05) is 6.61 Å². The van der Waals surface area contributed by atoms with E-state index in [4.69, 9.17) is 4.42 Å². The van der Waals surface area contributed by atoms with Gasteiger partial charge in [0.2, 0.25) is 0 Å². The molecule has 0 aliphatic heterocycles. The summed E-state index contributed by atoms with van der Waals surface area (Å²) < 4.78 is 40.6. The molecular formula is C11H10F3NO2. The Morgan fingerprint density at radius 1 is 1.24 bits per heavy atom. The second-order valence-electron chi connectivity index (χ2n) is 3.48. The smallest absolute Gasteiger partial charge is 0.413 e. The van der Waals surface area contributed by atoms with Crippen LogP contribution in [0.1, 0.15) is 5.56 Å². The van der Waals surface area contributed by atoms with Gasteiger partial charge in [0, 0.05) is 17.5 Å². The van der Waals surface area contributed by atoms with E-state index in [2.05, 4.69) is 10.3 Å². The van der Waals surface area contributed by atoms with Crippen LogP contribution in [-0.4, -0.2) is 12.8 Å². The third-order valence-electron chi connectivity index (χ3n) is 2.16. The molecule has 6 heteroatoms. The quantitative estimate of drug-likeness (QED) is 0.664. The minimum atomic E-state index is -4.33. The molecular weight excluding hydrogens is 235 g/mol. The van der Waals surface area contributed by atoms with E-state index in [0.29, 0.717) is 5.58 Å². The molecule has 0 atom stereocenters. The molecule has 0 radical (unpaired) electrons. The fourth-order valence-electron chi connectivity index (χ4n) is 1.43. The third-order valence-corrected chi connectivity index (χ3v) is 2.16. The van der Waals surface area contributed by atoms with Gasteiger partial charge in [0.15, 0.2) is 6.61 Å². The van der Waals surface area contributed by atoms with Gasteiger partial charge in [-0.3, -0.25) is 4.84 Å². The SMILES string of the molecule is FC(F)(F)CONCc1coc2ccccc12. The van der Waals surface area contributed by atoms with E-state index in [1.54, 1.807) is 6.07 Å². The van der Waals surface area contributed by atoms with Crippen LogP contribution in [0, 0.1) is 0 Å². The molecule has 0 saturated heterocycles. The summed E-state index contributed by atoms with van der Waals surface area (Å²) in [5.41, 5.74) is 3.70. The normalized spacial score (nSPS) is 12.2. The molecule has 1 heterocycles. The number of hydrogen-bond acceptors (Lipinski definition) is 3. The fourth-order valence-corrected chi connectivity index (χ4v) is 1.43. The predicted octanol–water partition coefficient (Wildman–Crippen LogP) is 3.02. The molecule has 0 aliphatic rings. The Morgan fingerprint density at radius 3 is 2.76 bits per heavy atom. The van der Waals surface area contributed by atoms with Crippen LogP contribution in [0.2, 0.25) is 0 Å². The summed E-state index contributed by atoms with van der Waals surface area (Å²) in [5, 5.41) is 0.857. The van der Waals surface area contributed by atoms with Crippen molar-refractivity contribution >= 4 is 11.0 Å². The lowest BCUT2D eigenvalue weighted by Crippen LogP contribution is -2.24. The maximum Gasteiger partial charge on any atom is 0.413 e. The average molecular weight is 245 g/mol. The van der Waals surface area contributed by atoms with Crippen molar-refractivity contribution in [3.05, 3.63) is 36.1 Å². The summed E-state index contributed by atoms with van der Waals surface area (Å²) in [6, 6.07) is 7.27. The number of hydrogen-bond donors (Lipinski definition) is 1. The molecule has 0 spiro atoms. The zero-order valence-corrected chi connectivity index (χ0v) is 8.75. The highest BCUT2D eigenvalue weighted by atomic mass is 19.4. The summed E-state index contributed by atoms with van der Waals surface area (Å²) in [6.45, 7) is -1.16. The van der Waals surface area contributed by atoms with Crippen LogP contribution >= 0.6 is 0 Å². The number of fused-ring (bicyclic) bond motifs is 1. The Labute approximate surface area is 95.1 Å². The molecule has 0 aliphatic carbocycles. The first-order valence-electron chi connectivity index (χ1n) is 4.93. The van der Waals surface area contributed by atoms with E-state index in [1.807, 2.05) is 18.2 Å². The van der Waals surface area contributed by atoms with Gasteiger partial charge in [0.05, 0.1) is 6.26 Å². The predicted molar refractivity (Wildman–Crippen MR) is 55.1 cm³/mol. The van der Waals surface area contributed by atoms with E-state index in [9.17, 15) is 13.2 Å². The minimum absolute atomic E-state index is 0.160. The summed E-state index contributed by atoms with van der Waals surface area (Å²) in [4.78, 5) is 4.30. The Hall–Kier alpha value is -1.53. The van der Waals surface area contributed by atoms with E-state index in [0.717, 1.165) is 10.9 Å². The summed E-state index contributed by atoms with van der Waals surface area (Å²) in [6.07, 6.45) is -2.83. The molecule has 2 rings (SSSR count). The van der Waals surface area contributed by atoms with Gasteiger partial charge in [-0.15, -0.1) is 0 Å². The Balaban J connectivity index is 1.91. The first kappa shape index (κ1) is 11.9. The van der Waals surface area contributed by atoms with Crippen molar-refractivity contribution in [3.63, 3.8) is 0 Å². The number of rotatable bonds is 4. The van der Waals surface area contributed by atoms with E-state index in [-0.39, 0.29) is 6.54 Å². The highest BCUT2D eigenvalue weighted by molar-refractivity contribution is 5.80. The van der Waals surface area contributed by atoms with Crippen molar-refractivity contribution in [1.29, 1.82) is 0 Å². The molecule has 17 heavy (non-hydrogen) atoms. The van der Waals surface area contributed by atoms with Crippen LogP contribution in [-0.2, 0) is 11.4 Å². The van der Waals surface area contributed by atoms with Crippen LogP contribution in [0.15, 0.2) is 34.9 Å². The average Bonchev–Trinajstić information content (AvgIpc) is 2.67. The topological polar surface area (TPSA) is 34.4 Å². The van der Waals surface area contributed by atoms with Crippen molar-refractivity contribution in [2.45, 2.75) is 12.7 Å². The minimum Gasteiger partial charge on any atom is -0.464 e. The first-order chi connectivity index (χ1) is 8.06. The zero-order chi connectivity index (χ0) is 12.3. The van der Waals surface area contributed by atoms with Gasteiger partial charge in [-0.2, -0.15) is 18.7 Å². The summed E-state index contributed by atoms with van der Waals surface area (Å²) in [7, 11) is 0. The highest BCUT2D eigenvalue weighted by Crippen LogP contribution is 2.20. The maximum absolute atomic E-state index is 11.8. The molecule has 0 fully saturated rings. The van der Waals surface area contributed by atoms with Crippen molar-refractivity contribution in [2.24, 2.45) is 0 Å². The summed E-state index contributed by atoms with van der Waals surface area (Å²) in [5.74, 6) is 0. The highest BCUT2D eigenvalue weighted by Gasteiger charge is 2.27. The monoisotopic (exact) mass is 245 g/mol. The van der Waals surface area contributed by atoms with Gasteiger partial charge < -0.3 is 4.42 Å². The van der Waals surface area contributed by atoms with Crippen LogP contribution in [0.5, 0.6) is 0 Å². The van der Waals surface area contributed by atoms with Crippen LogP contribution in [0.4, 0.5) is 13.2 Å². The van der Waals surface area contributed by atoms with Crippen LogP contribution < -0.4 is 5.48 Å². The van der Waals surface area contributed by atoms with E-state index < -0.39 is 12.8 Å². The second-order valence-corrected chi connectivity index (χ2v) is 3.48. The molecule has 0 saturated carbocycles. The van der Waals surface area contributed by atoms with Crippen molar-refractivity contribution in [3.8, 4) is 0 Å². The van der Waals surface area contributed by atoms with Gasteiger partial charge in [0.25, 0.3) is 0 Å². The number of hydroxylamine groups is 1. The van der Waals surface area contributed by atoms with Gasteiger partial charge in [-0.1, -0.05) is 18.2 Å². The lowest BCUT2D eigenvalue weighted by molar-refractivity contribution is -0.190. The number of para-hydroxylation sites is 1. The van der Waals surface area contributed by atoms with Crippen LogP contribution in [0.3, 0.4) is 0 Å². The van der Waals surface area contributed by atoms with E-state index in [1.165, 1.54) is 6.26 Å². The number of furan rings is 1. The second kappa shape index (κ2) is 4.77. The van der Waals surface area contributed by atoms with Crippen molar-refractivity contribution < 1.29 is 22.4 Å². The van der Waals surface area contributed by atoms with Gasteiger partial charge in [-0.05, 0) is 6.07 Å². The van der Waals surface area contributed by atoms with Crippen molar-refractivity contribution in [1.82, 2.24) is 5.48 Å². The van der Waals surface area contributed by atoms with E-state index >= 15 is 0 Å². The number of halogens is 3.